The minimum absolute atomic E-state index is 0.0170. The standard InChI is InChI=1S/C24H19ClN4O7S/c1-34-22(32)15-10-37-23(26-15)28-20(30)16(8-12-4-2-3-5-14(12)25)29-21(31)19(27-24(29)33)13-6-7-17-18(9-13)36-11-35-17/h2-7,9-10,16,19H,8,11H2,1H3,(H,27,33)(H,26,28,30)/t16?,19-/m0/s1. The van der Waals surface area contributed by atoms with Gasteiger partial charge >= 0.3 is 12.0 Å². The summed E-state index contributed by atoms with van der Waals surface area (Å²) in [6, 6.07) is 8.69. The van der Waals surface area contributed by atoms with Crippen molar-refractivity contribution in [3.63, 3.8) is 0 Å². The molecule has 1 saturated heterocycles. The number of thiazole rings is 1. The van der Waals surface area contributed by atoms with Gasteiger partial charge in [0.05, 0.1) is 7.11 Å². The Bertz CT molecular complexity index is 1410. The molecule has 3 aromatic rings. The minimum Gasteiger partial charge on any atom is -0.464 e. The van der Waals surface area contributed by atoms with Crippen LogP contribution in [0.2, 0.25) is 5.02 Å². The molecule has 0 spiro atoms. The molecule has 2 N–H and O–H groups in total. The van der Waals surface area contributed by atoms with Crippen molar-refractivity contribution in [2.24, 2.45) is 0 Å². The molecule has 2 aliphatic heterocycles. The van der Waals surface area contributed by atoms with Gasteiger partial charge < -0.3 is 24.8 Å². The third-order valence-corrected chi connectivity index (χ3v) is 6.94. The number of esters is 1. The zero-order valence-corrected chi connectivity index (χ0v) is 20.8. The summed E-state index contributed by atoms with van der Waals surface area (Å²) >= 11 is 7.32. The summed E-state index contributed by atoms with van der Waals surface area (Å²) in [4.78, 5) is 56.7. The van der Waals surface area contributed by atoms with Crippen molar-refractivity contribution in [3.05, 3.63) is 69.7 Å². The minimum atomic E-state index is -1.27. The Labute approximate surface area is 219 Å². The predicted octanol–water partition coefficient (Wildman–Crippen LogP) is 3.15. The number of hydrogen-bond donors (Lipinski definition) is 2. The third kappa shape index (κ3) is 4.80. The molecule has 5 rings (SSSR count). The number of rotatable bonds is 7. The van der Waals surface area contributed by atoms with E-state index in [0.717, 1.165) is 16.2 Å². The Morgan fingerprint density at radius 3 is 2.81 bits per heavy atom. The number of aromatic nitrogens is 1. The normalized spacial score (nSPS) is 16.9. The lowest BCUT2D eigenvalue weighted by atomic mass is 10.0. The molecule has 4 amide bonds. The molecule has 0 bridgehead atoms. The molecule has 190 valence electrons. The maximum absolute atomic E-state index is 13.5. The molecule has 2 atom stereocenters. The summed E-state index contributed by atoms with van der Waals surface area (Å²) in [6.07, 6.45) is -0.0479. The smallest absolute Gasteiger partial charge is 0.357 e. The first-order valence-corrected chi connectivity index (χ1v) is 12.2. The lowest BCUT2D eigenvalue weighted by Gasteiger charge is -2.24. The third-order valence-electron chi connectivity index (χ3n) is 5.82. The summed E-state index contributed by atoms with van der Waals surface area (Å²) < 4.78 is 15.3. The van der Waals surface area contributed by atoms with Crippen LogP contribution in [0.4, 0.5) is 9.93 Å². The maximum Gasteiger partial charge on any atom is 0.357 e. The van der Waals surface area contributed by atoms with Crippen molar-refractivity contribution in [2.75, 3.05) is 19.2 Å². The lowest BCUT2D eigenvalue weighted by molar-refractivity contribution is -0.134. The maximum atomic E-state index is 13.5. The van der Waals surface area contributed by atoms with Gasteiger partial charge in [-0.15, -0.1) is 11.3 Å². The molecule has 2 aromatic carbocycles. The quantitative estimate of drug-likeness (QED) is 0.343. The van der Waals surface area contributed by atoms with E-state index in [1.807, 2.05) is 0 Å². The van der Waals surface area contributed by atoms with Crippen LogP contribution in [0.1, 0.15) is 27.7 Å². The van der Waals surface area contributed by atoms with E-state index in [9.17, 15) is 19.2 Å². The molecule has 0 saturated carbocycles. The fourth-order valence-corrected chi connectivity index (χ4v) is 4.89. The van der Waals surface area contributed by atoms with Gasteiger partial charge in [0.2, 0.25) is 12.7 Å². The number of nitrogens with zero attached hydrogens (tertiary/aromatic N) is 2. The highest BCUT2D eigenvalue weighted by Gasteiger charge is 2.46. The number of anilines is 1. The highest BCUT2D eigenvalue weighted by molar-refractivity contribution is 7.14. The van der Waals surface area contributed by atoms with Crippen LogP contribution in [0.25, 0.3) is 0 Å². The Morgan fingerprint density at radius 1 is 1.24 bits per heavy atom. The molecule has 11 nitrogen and oxygen atoms in total. The van der Waals surface area contributed by atoms with E-state index in [1.165, 1.54) is 12.5 Å². The van der Waals surface area contributed by atoms with E-state index in [0.29, 0.717) is 27.6 Å². The molecule has 1 unspecified atom stereocenters. The number of urea groups is 1. The Hall–Kier alpha value is -4.16. The van der Waals surface area contributed by atoms with Crippen LogP contribution in [-0.2, 0) is 20.7 Å². The number of hydrogen-bond acceptors (Lipinski definition) is 9. The Kier molecular flexibility index (Phi) is 6.68. The Balaban J connectivity index is 1.44. The van der Waals surface area contributed by atoms with Crippen LogP contribution in [0.3, 0.4) is 0 Å². The molecule has 0 aliphatic carbocycles. The molecule has 13 heteroatoms. The van der Waals surface area contributed by atoms with Crippen molar-refractivity contribution in [1.82, 2.24) is 15.2 Å². The largest absolute Gasteiger partial charge is 0.464 e. The van der Waals surface area contributed by atoms with Crippen LogP contribution in [0.15, 0.2) is 47.8 Å². The van der Waals surface area contributed by atoms with E-state index in [1.54, 1.807) is 42.5 Å². The van der Waals surface area contributed by atoms with E-state index < -0.39 is 35.9 Å². The average Bonchev–Trinajstić information content (AvgIpc) is 3.62. The number of halogens is 1. The molecule has 0 radical (unpaired) electrons. The van der Waals surface area contributed by atoms with Gasteiger partial charge in [-0.1, -0.05) is 35.9 Å². The first-order valence-electron chi connectivity index (χ1n) is 11.0. The van der Waals surface area contributed by atoms with Crippen molar-refractivity contribution < 1.29 is 33.4 Å². The second kappa shape index (κ2) is 10.1. The van der Waals surface area contributed by atoms with Crippen LogP contribution in [-0.4, -0.2) is 53.6 Å². The van der Waals surface area contributed by atoms with E-state index in [2.05, 4.69) is 20.4 Å². The van der Waals surface area contributed by atoms with Gasteiger partial charge in [-0.05, 0) is 29.3 Å². The lowest BCUT2D eigenvalue weighted by Crippen LogP contribution is -2.49. The summed E-state index contributed by atoms with van der Waals surface area (Å²) in [5, 5.41) is 7.14. The van der Waals surface area contributed by atoms with Gasteiger partial charge in [0.1, 0.15) is 12.1 Å². The number of benzene rings is 2. The van der Waals surface area contributed by atoms with Crippen molar-refractivity contribution in [1.29, 1.82) is 0 Å². The zero-order valence-electron chi connectivity index (χ0n) is 19.2. The number of carbonyl (C=O) groups excluding carboxylic acids is 4. The monoisotopic (exact) mass is 542 g/mol. The molecular weight excluding hydrogens is 524 g/mol. The summed E-state index contributed by atoms with van der Waals surface area (Å²) in [5.41, 5.74) is 1.05. The van der Waals surface area contributed by atoms with Crippen molar-refractivity contribution >= 4 is 51.9 Å². The van der Waals surface area contributed by atoms with E-state index in [4.69, 9.17) is 21.1 Å². The van der Waals surface area contributed by atoms with Crippen molar-refractivity contribution in [2.45, 2.75) is 18.5 Å². The SMILES string of the molecule is COC(=O)c1csc(NC(=O)C(Cc2ccccc2Cl)N2C(=O)N[C@@H](c3ccc4c(c3)OCO4)C2=O)n1. The van der Waals surface area contributed by atoms with Crippen LogP contribution in [0.5, 0.6) is 11.5 Å². The first-order chi connectivity index (χ1) is 17.9. The number of ether oxygens (including phenoxy) is 3. The fraction of sp³-hybridized carbons (Fsp3) is 0.208. The Morgan fingerprint density at radius 2 is 2.03 bits per heavy atom. The van der Waals surface area contributed by atoms with Crippen molar-refractivity contribution in [3.8, 4) is 11.5 Å². The zero-order chi connectivity index (χ0) is 26.1. The molecular formula is C24H19ClN4O7S. The van der Waals surface area contributed by atoms with Gasteiger partial charge in [0, 0.05) is 16.8 Å². The molecule has 1 aromatic heterocycles. The highest BCUT2D eigenvalue weighted by Crippen LogP contribution is 2.36. The summed E-state index contributed by atoms with van der Waals surface area (Å²) in [7, 11) is 1.22. The molecule has 3 heterocycles. The summed E-state index contributed by atoms with van der Waals surface area (Å²) in [6.45, 7) is 0.0599. The fourth-order valence-electron chi connectivity index (χ4n) is 4.00. The van der Waals surface area contributed by atoms with E-state index >= 15 is 0 Å². The van der Waals surface area contributed by atoms with Gasteiger partial charge in [-0.25, -0.2) is 19.5 Å². The molecule has 37 heavy (non-hydrogen) atoms. The number of carbonyl (C=O) groups is 4. The average molecular weight is 543 g/mol. The summed E-state index contributed by atoms with van der Waals surface area (Å²) in [5.74, 6) is -0.979. The predicted molar refractivity (Wildman–Crippen MR) is 132 cm³/mol. The number of nitrogens with one attached hydrogen (secondary N) is 2. The number of methoxy groups -OCH3 is 1. The van der Waals surface area contributed by atoms with Gasteiger partial charge in [0.25, 0.3) is 5.91 Å². The van der Waals surface area contributed by atoms with Crippen LogP contribution in [0, 0.1) is 0 Å². The second-order valence-corrected chi connectivity index (χ2v) is 9.30. The number of amides is 4. The number of imide groups is 1. The second-order valence-electron chi connectivity index (χ2n) is 8.03. The van der Waals surface area contributed by atoms with Crippen LogP contribution >= 0.6 is 22.9 Å². The van der Waals surface area contributed by atoms with Gasteiger partial charge in [-0.2, -0.15) is 0 Å². The molecule has 1 fully saturated rings. The van der Waals surface area contributed by atoms with E-state index in [-0.39, 0.29) is 24.0 Å². The number of fused-ring (bicyclic) bond motifs is 1. The highest BCUT2D eigenvalue weighted by atomic mass is 35.5. The molecule has 2 aliphatic rings. The topological polar surface area (TPSA) is 136 Å². The first kappa shape index (κ1) is 24.5. The van der Waals surface area contributed by atoms with Gasteiger partial charge in [0.15, 0.2) is 22.3 Å². The van der Waals surface area contributed by atoms with Crippen LogP contribution < -0.4 is 20.1 Å². The van der Waals surface area contributed by atoms with Gasteiger partial charge in [-0.3, -0.25) is 9.59 Å².